The van der Waals surface area contributed by atoms with Gasteiger partial charge in [0.05, 0.1) is 11.4 Å². The van der Waals surface area contributed by atoms with Gasteiger partial charge in [-0.3, -0.25) is 0 Å². The van der Waals surface area contributed by atoms with Gasteiger partial charge in [0.15, 0.2) is 0 Å². The van der Waals surface area contributed by atoms with Crippen LogP contribution in [0.15, 0.2) is 30.3 Å². The van der Waals surface area contributed by atoms with Gasteiger partial charge < -0.3 is 11.5 Å². The maximum atomic E-state index is 5.91. The van der Waals surface area contributed by atoms with Crippen LogP contribution in [0, 0.1) is 0 Å². The molecule has 5 heteroatoms. The third kappa shape index (κ3) is 2.18. The number of anilines is 1. The Balaban J connectivity index is 2.40. The molecule has 4 N–H and O–H groups in total. The van der Waals surface area contributed by atoms with E-state index in [1.54, 1.807) is 4.68 Å². The second-order valence-electron chi connectivity index (χ2n) is 3.49. The lowest BCUT2D eigenvalue weighted by atomic mass is 10.3. The summed E-state index contributed by atoms with van der Waals surface area (Å²) >= 11 is 5.91. The van der Waals surface area contributed by atoms with Gasteiger partial charge in [0.25, 0.3) is 0 Å². The molecule has 1 heterocycles. The number of benzene rings is 1. The maximum Gasteiger partial charge on any atom is 0.127 e. The van der Waals surface area contributed by atoms with E-state index in [0.29, 0.717) is 17.4 Å². The highest BCUT2D eigenvalue weighted by atomic mass is 35.5. The van der Waals surface area contributed by atoms with Gasteiger partial charge in [-0.2, -0.15) is 5.10 Å². The predicted octanol–water partition coefficient (Wildman–Crippen LogP) is 1.61. The zero-order valence-corrected chi connectivity index (χ0v) is 9.48. The molecule has 0 fully saturated rings. The van der Waals surface area contributed by atoms with E-state index in [4.69, 9.17) is 23.1 Å². The third-order valence-electron chi connectivity index (χ3n) is 2.24. The van der Waals surface area contributed by atoms with Gasteiger partial charge in [-0.1, -0.05) is 17.7 Å². The van der Waals surface area contributed by atoms with Crippen molar-refractivity contribution in [2.24, 2.45) is 5.73 Å². The Kier molecular flexibility index (Phi) is 3.12. The molecular formula is C11H13ClN4. The van der Waals surface area contributed by atoms with Crippen molar-refractivity contribution in [2.45, 2.75) is 6.42 Å². The van der Waals surface area contributed by atoms with Crippen LogP contribution in [0.25, 0.3) is 5.69 Å². The van der Waals surface area contributed by atoms with Crippen LogP contribution in [0.5, 0.6) is 0 Å². The molecule has 0 saturated carbocycles. The summed E-state index contributed by atoms with van der Waals surface area (Å²) in [6.07, 6.45) is 0.720. The van der Waals surface area contributed by atoms with Crippen molar-refractivity contribution in [1.82, 2.24) is 9.78 Å². The minimum atomic E-state index is 0.562. The molecule has 0 bridgehead atoms. The molecule has 0 unspecified atom stereocenters. The van der Waals surface area contributed by atoms with Crippen LogP contribution in [0.2, 0.25) is 5.02 Å². The van der Waals surface area contributed by atoms with Crippen molar-refractivity contribution >= 4 is 17.4 Å². The molecule has 0 radical (unpaired) electrons. The number of nitrogen functional groups attached to an aromatic ring is 1. The average molecular weight is 237 g/mol. The standard InChI is InChI=1S/C11H13ClN4/c12-8-2-1-3-10(6-8)16-11(14)7-9(15-16)4-5-13/h1-3,6-7H,4-5,13-14H2. The average Bonchev–Trinajstić information content (AvgIpc) is 2.60. The molecule has 1 aromatic heterocycles. The lowest BCUT2D eigenvalue weighted by Gasteiger charge is -2.03. The molecule has 0 aliphatic heterocycles. The summed E-state index contributed by atoms with van der Waals surface area (Å²) in [4.78, 5) is 0. The number of nitrogens with two attached hydrogens (primary N) is 2. The van der Waals surface area contributed by atoms with Crippen LogP contribution >= 0.6 is 11.6 Å². The largest absolute Gasteiger partial charge is 0.384 e. The SMILES string of the molecule is NCCc1cc(N)n(-c2cccc(Cl)c2)n1. The summed E-state index contributed by atoms with van der Waals surface area (Å²) < 4.78 is 1.66. The van der Waals surface area contributed by atoms with Gasteiger partial charge in [-0.25, -0.2) is 4.68 Å². The molecule has 0 atom stereocenters. The first-order valence-corrected chi connectivity index (χ1v) is 5.39. The third-order valence-corrected chi connectivity index (χ3v) is 2.48. The van der Waals surface area contributed by atoms with Crippen molar-refractivity contribution in [3.05, 3.63) is 41.0 Å². The van der Waals surface area contributed by atoms with Crippen LogP contribution in [0.4, 0.5) is 5.82 Å². The first-order chi connectivity index (χ1) is 7.70. The lowest BCUT2D eigenvalue weighted by Crippen LogP contribution is -2.05. The van der Waals surface area contributed by atoms with Crippen molar-refractivity contribution in [1.29, 1.82) is 0 Å². The van der Waals surface area contributed by atoms with Crippen LogP contribution in [-0.2, 0) is 6.42 Å². The van der Waals surface area contributed by atoms with Crippen LogP contribution in [0.1, 0.15) is 5.69 Å². The molecule has 2 rings (SSSR count). The zero-order valence-electron chi connectivity index (χ0n) is 8.73. The van der Waals surface area contributed by atoms with Crippen molar-refractivity contribution in [3.8, 4) is 5.69 Å². The van der Waals surface area contributed by atoms with E-state index in [0.717, 1.165) is 17.8 Å². The molecule has 1 aromatic carbocycles. The van der Waals surface area contributed by atoms with Gasteiger partial charge in [0.1, 0.15) is 5.82 Å². The topological polar surface area (TPSA) is 69.9 Å². The van der Waals surface area contributed by atoms with E-state index in [1.165, 1.54) is 0 Å². The molecule has 0 saturated heterocycles. The predicted molar refractivity (Wildman–Crippen MR) is 65.7 cm³/mol. The van der Waals surface area contributed by atoms with Crippen molar-refractivity contribution < 1.29 is 0 Å². The molecule has 0 amide bonds. The van der Waals surface area contributed by atoms with Gasteiger partial charge in [-0.15, -0.1) is 0 Å². The Morgan fingerprint density at radius 1 is 1.31 bits per heavy atom. The molecule has 0 spiro atoms. The Hall–Kier alpha value is -1.52. The van der Waals surface area contributed by atoms with Crippen LogP contribution in [-0.4, -0.2) is 16.3 Å². The first kappa shape index (κ1) is 11.0. The lowest BCUT2D eigenvalue weighted by molar-refractivity contribution is 0.827. The Morgan fingerprint density at radius 3 is 2.81 bits per heavy atom. The quantitative estimate of drug-likeness (QED) is 0.851. The molecule has 84 valence electrons. The molecule has 2 aromatic rings. The second kappa shape index (κ2) is 4.55. The zero-order chi connectivity index (χ0) is 11.5. The van der Waals surface area contributed by atoms with Crippen LogP contribution < -0.4 is 11.5 Å². The second-order valence-corrected chi connectivity index (χ2v) is 3.93. The van der Waals surface area contributed by atoms with Crippen molar-refractivity contribution in [2.75, 3.05) is 12.3 Å². The Bertz CT molecular complexity index is 492. The number of halogens is 1. The Labute approximate surface area is 98.8 Å². The van der Waals surface area contributed by atoms with Gasteiger partial charge in [0.2, 0.25) is 0 Å². The summed E-state index contributed by atoms with van der Waals surface area (Å²) in [6.45, 7) is 0.562. The Morgan fingerprint density at radius 2 is 2.12 bits per heavy atom. The molecular weight excluding hydrogens is 224 g/mol. The number of hydrogen-bond acceptors (Lipinski definition) is 3. The summed E-state index contributed by atoms with van der Waals surface area (Å²) in [6, 6.07) is 9.22. The van der Waals surface area contributed by atoms with Crippen LogP contribution in [0.3, 0.4) is 0 Å². The summed E-state index contributed by atoms with van der Waals surface area (Å²) in [7, 11) is 0. The fraction of sp³-hybridized carbons (Fsp3) is 0.182. The van der Waals surface area contributed by atoms with E-state index in [1.807, 2.05) is 30.3 Å². The number of hydrogen-bond donors (Lipinski definition) is 2. The highest BCUT2D eigenvalue weighted by Gasteiger charge is 2.06. The fourth-order valence-electron chi connectivity index (χ4n) is 1.53. The van der Waals surface area contributed by atoms with E-state index in [2.05, 4.69) is 5.10 Å². The van der Waals surface area contributed by atoms with E-state index < -0.39 is 0 Å². The first-order valence-electron chi connectivity index (χ1n) is 5.01. The minimum Gasteiger partial charge on any atom is -0.384 e. The monoisotopic (exact) mass is 236 g/mol. The van der Waals surface area contributed by atoms with E-state index in [9.17, 15) is 0 Å². The molecule has 16 heavy (non-hydrogen) atoms. The smallest absolute Gasteiger partial charge is 0.127 e. The molecule has 0 aliphatic rings. The van der Waals surface area contributed by atoms with Gasteiger partial charge in [-0.05, 0) is 24.7 Å². The van der Waals surface area contributed by atoms with Gasteiger partial charge >= 0.3 is 0 Å². The van der Waals surface area contributed by atoms with E-state index >= 15 is 0 Å². The number of rotatable bonds is 3. The highest BCUT2D eigenvalue weighted by Crippen LogP contribution is 2.18. The summed E-state index contributed by atoms with van der Waals surface area (Å²) in [5.41, 5.74) is 13.1. The summed E-state index contributed by atoms with van der Waals surface area (Å²) in [5.74, 6) is 0.589. The van der Waals surface area contributed by atoms with E-state index in [-0.39, 0.29) is 0 Å². The maximum absolute atomic E-state index is 5.91. The number of aromatic nitrogens is 2. The highest BCUT2D eigenvalue weighted by molar-refractivity contribution is 6.30. The minimum absolute atomic E-state index is 0.562. The summed E-state index contributed by atoms with van der Waals surface area (Å²) in [5, 5.41) is 5.02. The van der Waals surface area contributed by atoms with Gasteiger partial charge in [0, 0.05) is 17.5 Å². The normalized spacial score (nSPS) is 10.6. The number of nitrogens with zero attached hydrogens (tertiary/aromatic N) is 2. The van der Waals surface area contributed by atoms with Crippen molar-refractivity contribution in [3.63, 3.8) is 0 Å². The molecule has 4 nitrogen and oxygen atoms in total. The fourth-order valence-corrected chi connectivity index (χ4v) is 1.72. The molecule has 0 aliphatic carbocycles.